The van der Waals surface area contributed by atoms with Crippen molar-refractivity contribution in [3.8, 4) is 0 Å². The molecule has 0 unspecified atom stereocenters. The van der Waals surface area contributed by atoms with Crippen LogP contribution in [0.2, 0.25) is 0 Å². The lowest BCUT2D eigenvalue weighted by Gasteiger charge is -2.33. The van der Waals surface area contributed by atoms with E-state index in [1.165, 1.54) is 12.5 Å². The van der Waals surface area contributed by atoms with Crippen LogP contribution in [0.1, 0.15) is 55.7 Å². The molecular weight excluding hydrogens is 446 g/mol. The Kier molecular flexibility index (Phi) is 8.55. The largest absolute Gasteiger partial charge is 0.355 e. The summed E-state index contributed by atoms with van der Waals surface area (Å²) in [5, 5.41) is 6.10. The number of carbonyl (C=O) groups excluding carboxylic acids is 2. The Morgan fingerprint density at radius 3 is 2.08 bits per heavy atom. The molecule has 1 heterocycles. The molecule has 188 valence electrons. The summed E-state index contributed by atoms with van der Waals surface area (Å²) in [6, 6.07) is 28.3. The lowest BCUT2D eigenvalue weighted by molar-refractivity contribution is -0.124. The molecule has 2 N–H and O–H groups in total. The van der Waals surface area contributed by atoms with E-state index in [1.54, 1.807) is 0 Å². The van der Waals surface area contributed by atoms with Crippen LogP contribution in [0.5, 0.6) is 0 Å². The van der Waals surface area contributed by atoms with E-state index in [2.05, 4.69) is 27.7 Å². The fourth-order valence-electron chi connectivity index (χ4n) is 5.22. The molecule has 0 aliphatic carbocycles. The van der Waals surface area contributed by atoms with Gasteiger partial charge in [-0.1, -0.05) is 72.8 Å². The highest BCUT2D eigenvalue weighted by atomic mass is 16.2. The monoisotopic (exact) mass is 483 g/mol. The molecule has 5 heteroatoms. The maximum absolute atomic E-state index is 13.5. The number of nitrogens with zero attached hydrogens (tertiary/aromatic N) is 1. The first kappa shape index (κ1) is 25.6. The number of nitrogens with one attached hydrogen (secondary N) is 2. The molecule has 0 radical (unpaired) electrons. The maximum Gasteiger partial charge on any atom is 0.234 e. The van der Waals surface area contributed by atoms with Crippen LogP contribution in [0.3, 0.4) is 0 Å². The predicted molar refractivity (Wildman–Crippen MR) is 146 cm³/mol. The first-order valence-electron chi connectivity index (χ1n) is 13.0. The van der Waals surface area contributed by atoms with Gasteiger partial charge < -0.3 is 15.5 Å². The van der Waals surface area contributed by atoms with E-state index in [-0.39, 0.29) is 11.8 Å². The van der Waals surface area contributed by atoms with Gasteiger partial charge in [-0.3, -0.25) is 9.59 Å². The van der Waals surface area contributed by atoms with E-state index in [9.17, 15) is 9.59 Å². The van der Waals surface area contributed by atoms with E-state index in [1.807, 2.05) is 79.7 Å². The minimum absolute atomic E-state index is 0.0395. The van der Waals surface area contributed by atoms with Gasteiger partial charge in [-0.2, -0.15) is 0 Å². The SMILES string of the molecule is CC(=O)Nc1cccc(C2CCN(CCCNC(=O)C(C)(c3ccccc3)c3ccccc3)CC2)c1. The van der Waals surface area contributed by atoms with Gasteiger partial charge in [0.25, 0.3) is 0 Å². The van der Waals surface area contributed by atoms with Crippen LogP contribution in [-0.2, 0) is 15.0 Å². The Morgan fingerprint density at radius 2 is 1.50 bits per heavy atom. The van der Waals surface area contributed by atoms with E-state index >= 15 is 0 Å². The third-order valence-electron chi connectivity index (χ3n) is 7.36. The summed E-state index contributed by atoms with van der Waals surface area (Å²) in [6.07, 6.45) is 3.14. The molecule has 1 fully saturated rings. The van der Waals surface area contributed by atoms with E-state index in [0.717, 1.165) is 55.7 Å². The van der Waals surface area contributed by atoms with Crippen molar-refractivity contribution in [2.75, 3.05) is 31.5 Å². The summed E-state index contributed by atoms with van der Waals surface area (Å²) < 4.78 is 0. The molecule has 1 saturated heterocycles. The van der Waals surface area contributed by atoms with Crippen molar-refractivity contribution in [1.29, 1.82) is 0 Å². The quantitative estimate of drug-likeness (QED) is 0.404. The maximum atomic E-state index is 13.5. The van der Waals surface area contributed by atoms with Gasteiger partial charge in [-0.05, 0) is 80.6 Å². The third kappa shape index (κ3) is 6.21. The van der Waals surface area contributed by atoms with Crippen LogP contribution in [0.15, 0.2) is 84.9 Å². The lowest BCUT2D eigenvalue weighted by atomic mass is 9.75. The Labute approximate surface area is 214 Å². The topological polar surface area (TPSA) is 61.4 Å². The van der Waals surface area contributed by atoms with E-state index in [4.69, 9.17) is 0 Å². The van der Waals surface area contributed by atoms with Crippen LogP contribution >= 0.6 is 0 Å². The molecule has 36 heavy (non-hydrogen) atoms. The fourth-order valence-corrected chi connectivity index (χ4v) is 5.22. The second-order valence-corrected chi connectivity index (χ2v) is 9.89. The highest BCUT2D eigenvalue weighted by molar-refractivity contribution is 5.91. The molecule has 0 saturated carbocycles. The van der Waals surface area contributed by atoms with Gasteiger partial charge >= 0.3 is 0 Å². The third-order valence-corrected chi connectivity index (χ3v) is 7.36. The number of benzene rings is 3. The minimum atomic E-state index is -0.730. The van der Waals surface area contributed by atoms with E-state index in [0.29, 0.717) is 12.5 Å². The van der Waals surface area contributed by atoms with Crippen LogP contribution in [0, 0.1) is 0 Å². The molecular formula is C31H37N3O2. The fraction of sp³-hybridized carbons (Fsp3) is 0.355. The summed E-state index contributed by atoms with van der Waals surface area (Å²) in [4.78, 5) is 27.3. The molecule has 1 aliphatic heterocycles. The van der Waals surface area contributed by atoms with Crippen molar-refractivity contribution in [1.82, 2.24) is 10.2 Å². The first-order chi connectivity index (χ1) is 17.5. The van der Waals surface area contributed by atoms with Crippen LogP contribution in [0.4, 0.5) is 5.69 Å². The second-order valence-electron chi connectivity index (χ2n) is 9.89. The minimum Gasteiger partial charge on any atom is -0.355 e. The summed E-state index contributed by atoms with van der Waals surface area (Å²) in [5.41, 5.74) is 3.44. The lowest BCUT2D eigenvalue weighted by Crippen LogP contribution is -2.44. The summed E-state index contributed by atoms with van der Waals surface area (Å²) >= 11 is 0. The highest BCUT2D eigenvalue weighted by Gasteiger charge is 2.36. The molecule has 3 aromatic carbocycles. The summed E-state index contributed by atoms with van der Waals surface area (Å²) in [5.74, 6) is 0.520. The predicted octanol–water partition coefficient (Wildman–Crippen LogP) is 5.34. The van der Waals surface area contributed by atoms with Crippen LogP contribution in [-0.4, -0.2) is 42.9 Å². The zero-order valence-electron chi connectivity index (χ0n) is 21.4. The molecule has 0 spiro atoms. The van der Waals surface area contributed by atoms with Crippen molar-refractivity contribution in [3.05, 3.63) is 102 Å². The average Bonchev–Trinajstić information content (AvgIpc) is 2.91. The Balaban J connectivity index is 1.27. The zero-order chi connectivity index (χ0) is 25.4. The van der Waals surface area contributed by atoms with Crippen molar-refractivity contribution in [3.63, 3.8) is 0 Å². The smallest absolute Gasteiger partial charge is 0.234 e. The summed E-state index contributed by atoms with van der Waals surface area (Å²) in [6.45, 7) is 7.29. The standard InChI is InChI=1S/C31H37N3O2/c1-24(35)33-29-16-9-11-26(23-29)25-17-21-34(22-18-25)20-10-19-32-30(36)31(2,27-12-5-3-6-13-27)28-14-7-4-8-15-28/h3-9,11-16,23,25H,10,17-22H2,1-2H3,(H,32,36)(H,33,35). The van der Waals surface area contributed by atoms with Gasteiger partial charge in [0, 0.05) is 19.2 Å². The van der Waals surface area contributed by atoms with Gasteiger partial charge in [0.1, 0.15) is 0 Å². The number of hydrogen-bond donors (Lipinski definition) is 2. The zero-order valence-corrected chi connectivity index (χ0v) is 21.4. The number of amides is 2. The molecule has 0 atom stereocenters. The van der Waals surface area contributed by atoms with Gasteiger partial charge in [0.2, 0.25) is 11.8 Å². The van der Waals surface area contributed by atoms with Crippen molar-refractivity contribution >= 4 is 17.5 Å². The van der Waals surface area contributed by atoms with Gasteiger partial charge in [-0.15, -0.1) is 0 Å². The van der Waals surface area contributed by atoms with Crippen molar-refractivity contribution in [2.24, 2.45) is 0 Å². The van der Waals surface area contributed by atoms with Crippen LogP contribution < -0.4 is 10.6 Å². The number of anilines is 1. The molecule has 5 nitrogen and oxygen atoms in total. The molecule has 2 amide bonds. The molecule has 4 rings (SSSR count). The Hall–Kier alpha value is -3.44. The Morgan fingerprint density at radius 1 is 0.889 bits per heavy atom. The average molecular weight is 484 g/mol. The molecule has 1 aliphatic rings. The van der Waals surface area contributed by atoms with Crippen molar-refractivity contribution < 1.29 is 9.59 Å². The highest BCUT2D eigenvalue weighted by Crippen LogP contribution is 2.32. The van der Waals surface area contributed by atoms with Gasteiger partial charge in [0.15, 0.2) is 0 Å². The van der Waals surface area contributed by atoms with Crippen LogP contribution in [0.25, 0.3) is 0 Å². The summed E-state index contributed by atoms with van der Waals surface area (Å²) in [7, 11) is 0. The second kappa shape index (κ2) is 12.0. The number of likely N-dealkylation sites (tertiary alicyclic amines) is 1. The van der Waals surface area contributed by atoms with E-state index < -0.39 is 5.41 Å². The number of rotatable bonds is 9. The molecule has 0 bridgehead atoms. The normalized spacial score (nSPS) is 14.8. The van der Waals surface area contributed by atoms with Gasteiger partial charge in [0.05, 0.1) is 5.41 Å². The molecule has 0 aromatic heterocycles. The first-order valence-corrected chi connectivity index (χ1v) is 13.0. The van der Waals surface area contributed by atoms with Crippen molar-refractivity contribution in [2.45, 2.75) is 44.4 Å². The molecule has 3 aromatic rings. The number of hydrogen-bond acceptors (Lipinski definition) is 3. The number of carbonyl (C=O) groups is 2. The number of piperidine rings is 1. The van der Waals surface area contributed by atoms with Gasteiger partial charge in [-0.25, -0.2) is 0 Å². The Bertz CT molecular complexity index is 1100.